The van der Waals surface area contributed by atoms with Crippen molar-refractivity contribution in [3.63, 3.8) is 0 Å². The summed E-state index contributed by atoms with van der Waals surface area (Å²) in [6.07, 6.45) is 3.02. The largest absolute Gasteiger partial charge is 0.394 e. The van der Waals surface area contributed by atoms with E-state index >= 15 is 0 Å². The van der Waals surface area contributed by atoms with Gasteiger partial charge in [0.2, 0.25) is 11.9 Å². The molecule has 0 bridgehead atoms. The van der Waals surface area contributed by atoms with Crippen LogP contribution >= 0.6 is 11.6 Å². The number of hydrogen-bond acceptors (Lipinski definition) is 8. The summed E-state index contributed by atoms with van der Waals surface area (Å²) in [4.78, 5) is 38.1. The van der Waals surface area contributed by atoms with Crippen molar-refractivity contribution in [2.24, 2.45) is 7.05 Å². The number of amides is 2. The molecule has 12 heteroatoms. The van der Waals surface area contributed by atoms with Crippen LogP contribution in [-0.2, 0) is 18.4 Å². The Balaban J connectivity index is 1.33. The molecule has 4 aromatic rings. The summed E-state index contributed by atoms with van der Waals surface area (Å²) in [7, 11) is 1.70. The number of carbonyl (C=O) groups excluding carboxylic acids is 2. The number of benzene rings is 2. The number of anilines is 2. The molecule has 0 unspecified atom stereocenters. The minimum atomic E-state index is -0.752. The van der Waals surface area contributed by atoms with Crippen LogP contribution < -0.4 is 10.6 Å². The first-order valence-electron chi connectivity index (χ1n) is 12.3. The van der Waals surface area contributed by atoms with Crippen molar-refractivity contribution < 1.29 is 14.7 Å². The Bertz CT molecular complexity index is 1560. The van der Waals surface area contributed by atoms with E-state index in [2.05, 4.69) is 30.8 Å². The molecule has 0 spiro atoms. The van der Waals surface area contributed by atoms with E-state index in [1.165, 1.54) is 15.9 Å². The fourth-order valence-electron chi connectivity index (χ4n) is 4.49. The zero-order valence-electron chi connectivity index (χ0n) is 21.6. The Kier molecular flexibility index (Phi) is 7.27. The highest BCUT2D eigenvalue weighted by Gasteiger charge is 2.35. The van der Waals surface area contributed by atoms with Crippen molar-refractivity contribution in [1.82, 2.24) is 35.2 Å². The minimum absolute atomic E-state index is 0.257. The minimum Gasteiger partial charge on any atom is -0.394 e. The number of aliphatic hydroxyl groups excluding tert-OH is 1. The van der Waals surface area contributed by atoms with Crippen molar-refractivity contribution in [2.75, 3.05) is 11.9 Å². The summed E-state index contributed by atoms with van der Waals surface area (Å²) >= 11 is 6.41. The quantitative estimate of drug-likeness (QED) is 0.306. The number of nitrogens with zero attached hydrogens (tertiary/aromatic N) is 6. The maximum Gasteiger partial charge on any atom is 0.255 e. The lowest BCUT2D eigenvalue weighted by atomic mass is 10.0. The van der Waals surface area contributed by atoms with Crippen molar-refractivity contribution in [2.45, 2.75) is 32.5 Å². The van der Waals surface area contributed by atoms with Gasteiger partial charge in [0.05, 0.1) is 35.8 Å². The van der Waals surface area contributed by atoms with E-state index in [-0.39, 0.29) is 30.9 Å². The van der Waals surface area contributed by atoms with Crippen molar-refractivity contribution >= 4 is 35.2 Å². The highest BCUT2D eigenvalue weighted by molar-refractivity contribution is 6.33. The van der Waals surface area contributed by atoms with Gasteiger partial charge >= 0.3 is 0 Å². The third-order valence-corrected chi connectivity index (χ3v) is 6.87. The summed E-state index contributed by atoms with van der Waals surface area (Å²) < 4.78 is 0. The highest BCUT2D eigenvalue weighted by atomic mass is 35.5. The second kappa shape index (κ2) is 10.8. The summed E-state index contributed by atoms with van der Waals surface area (Å²) in [6, 6.07) is 11.7. The topological polar surface area (TPSA) is 138 Å². The average molecular weight is 547 g/mol. The molecule has 5 rings (SSSR count). The number of hydrogen-bond donors (Lipinski definition) is 3. The zero-order chi connectivity index (χ0) is 27.7. The lowest BCUT2D eigenvalue weighted by Crippen LogP contribution is -2.46. The third kappa shape index (κ3) is 5.45. The molecule has 0 aliphatic carbocycles. The first-order valence-corrected chi connectivity index (χ1v) is 12.7. The molecular weight excluding hydrogens is 520 g/mol. The van der Waals surface area contributed by atoms with Crippen molar-refractivity contribution in [1.29, 1.82) is 0 Å². The molecule has 0 radical (unpaired) electrons. The summed E-state index contributed by atoms with van der Waals surface area (Å²) in [5.41, 5.74) is 4.17. The van der Waals surface area contributed by atoms with E-state index < -0.39 is 12.1 Å². The number of aromatic nitrogens is 5. The van der Waals surface area contributed by atoms with Crippen LogP contribution in [0.25, 0.3) is 11.3 Å². The maximum absolute atomic E-state index is 13.4. The summed E-state index contributed by atoms with van der Waals surface area (Å²) in [5.74, 6) is 0.133. The molecule has 2 aromatic carbocycles. The number of halogens is 1. The molecule has 3 heterocycles. The van der Waals surface area contributed by atoms with Crippen LogP contribution in [0.3, 0.4) is 0 Å². The van der Waals surface area contributed by atoms with Gasteiger partial charge in [0.1, 0.15) is 6.04 Å². The van der Waals surface area contributed by atoms with Gasteiger partial charge in [0.15, 0.2) is 5.82 Å². The van der Waals surface area contributed by atoms with Gasteiger partial charge in [-0.2, -0.15) is 9.90 Å². The predicted octanol–water partition coefficient (Wildman–Crippen LogP) is 3.17. The molecule has 2 atom stereocenters. The molecule has 2 amide bonds. The Morgan fingerprint density at radius 2 is 2.03 bits per heavy atom. The van der Waals surface area contributed by atoms with Crippen molar-refractivity contribution in [3.05, 3.63) is 82.1 Å². The van der Waals surface area contributed by atoms with Crippen LogP contribution in [0.15, 0.2) is 54.9 Å². The zero-order valence-corrected chi connectivity index (χ0v) is 22.3. The predicted molar refractivity (Wildman–Crippen MR) is 145 cm³/mol. The van der Waals surface area contributed by atoms with E-state index in [0.29, 0.717) is 27.7 Å². The Morgan fingerprint density at radius 1 is 1.21 bits per heavy atom. The molecule has 39 heavy (non-hydrogen) atoms. The van der Waals surface area contributed by atoms with Gasteiger partial charge in [-0.3, -0.25) is 9.59 Å². The van der Waals surface area contributed by atoms with Crippen LogP contribution in [0.5, 0.6) is 0 Å². The second-order valence-corrected chi connectivity index (χ2v) is 9.78. The highest BCUT2D eigenvalue weighted by Crippen LogP contribution is 2.32. The fourth-order valence-corrected chi connectivity index (χ4v) is 4.69. The number of aliphatic hydroxyl groups is 1. The number of nitrogens with one attached hydrogen (secondary N) is 2. The molecule has 200 valence electrons. The van der Waals surface area contributed by atoms with E-state index in [4.69, 9.17) is 11.6 Å². The van der Waals surface area contributed by atoms with Gasteiger partial charge in [-0.05, 0) is 31.0 Å². The Labute approximate surface area is 229 Å². The molecule has 1 aliphatic heterocycles. The first kappa shape index (κ1) is 26.3. The molecule has 2 aromatic heterocycles. The number of aryl methyl sites for hydroxylation is 2. The van der Waals surface area contributed by atoms with Gasteiger partial charge in [-0.25, -0.2) is 9.97 Å². The lowest BCUT2D eigenvalue weighted by Gasteiger charge is -2.26. The molecular formula is C27H27ClN8O3. The number of fused-ring (bicyclic) bond motifs is 1. The SMILES string of the molecule is Cc1cccc([C@@H](CO)NC(=O)[C@H](C)N2Cc3ccc(-c4nc(Nc5cnn(C)n5)ncc4Cl)cc3C2=O)c1. The smallest absolute Gasteiger partial charge is 0.255 e. The van der Waals surface area contributed by atoms with Gasteiger partial charge in [-0.15, -0.1) is 5.10 Å². The van der Waals surface area contributed by atoms with Crippen LogP contribution in [-0.4, -0.2) is 59.4 Å². The molecule has 3 N–H and O–H groups in total. The molecule has 11 nitrogen and oxygen atoms in total. The molecule has 0 fully saturated rings. The van der Waals surface area contributed by atoms with Gasteiger partial charge < -0.3 is 20.6 Å². The molecule has 1 aliphatic rings. The maximum atomic E-state index is 13.4. The lowest BCUT2D eigenvalue weighted by molar-refractivity contribution is -0.126. The fraction of sp³-hybridized carbons (Fsp3) is 0.259. The second-order valence-electron chi connectivity index (χ2n) is 9.37. The first-order chi connectivity index (χ1) is 18.7. The van der Waals surface area contributed by atoms with E-state index in [0.717, 1.165) is 16.7 Å². The normalized spacial score (nSPS) is 14.2. The Hall–Kier alpha value is -4.35. The monoisotopic (exact) mass is 546 g/mol. The standard InChI is InChI=1S/C27H27ClN8O3/c1-15-5-4-6-17(9-15)22(14-37)31-25(38)16(2)36-13-19-8-7-18(10-20(19)26(36)39)24-21(28)11-29-27(33-24)32-23-12-30-35(3)34-23/h4-12,16,22,37H,13-14H2,1-3H3,(H,31,38)(H,29,32,33,34)/t16-,22+/m0/s1. The van der Waals surface area contributed by atoms with Crippen LogP contribution in [0.4, 0.5) is 11.8 Å². The van der Waals surface area contributed by atoms with Crippen molar-refractivity contribution in [3.8, 4) is 11.3 Å². The van der Waals surface area contributed by atoms with Gasteiger partial charge in [0, 0.05) is 24.7 Å². The van der Waals surface area contributed by atoms with Gasteiger partial charge in [-0.1, -0.05) is 53.6 Å². The van der Waals surface area contributed by atoms with Crippen LogP contribution in [0, 0.1) is 6.92 Å². The molecule has 0 saturated heterocycles. The molecule has 0 saturated carbocycles. The van der Waals surface area contributed by atoms with E-state index in [9.17, 15) is 14.7 Å². The Morgan fingerprint density at radius 3 is 2.74 bits per heavy atom. The van der Waals surface area contributed by atoms with Gasteiger partial charge in [0.25, 0.3) is 5.91 Å². The summed E-state index contributed by atoms with van der Waals surface area (Å²) in [6.45, 7) is 3.65. The third-order valence-electron chi connectivity index (χ3n) is 6.59. The van der Waals surface area contributed by atoms with Crippen LogP contribution in [0.1, 0.15) is 40.0 Å². The van der Waals surface area contributed by atoms with E-state index in [1.54, 1.807) is 26.2 Å². The average Bonchev–Trinajstić information content (AvgIpc) is 3.49. The number of rotatable bonds is 8. The summed E-state index contributed by atoms with van der Waals surface area (Å²) in [5, 5.41) is 24.2. The number of carbonyl (C=O) groups is 2. The van der Waals surface area contributed by atoms with E-state index in [1.807, 2.05) is 43.3 Å². The van der Waals surface area contributed by atoms with Crippen LogP contribution in [0.2, 0.25) is 5.02 Å².